The van der Waals surface area contributed by atoms with Gasteiger partial charge in [-0.15, -0.1) is 0 Å². The van der Waals surface area contributed by atoms with Crippen LogP contribution in [0.4, 0.5) is 21.9 Å². The van der Waals surface area contributed by atoms with E-state index < -0.39 is 83.7 Å². The number of carbonyl (C=O) groups is 10. The molecule has 3 aliphatic heterocycles. The molecule has 1 aliphatic carbocycles. The van der Waals surface area contributed by atoms with Gasteiger partial charge in [-0.3, -0.25) is 48.1 Å². The number of benzene rings is 4. The first-order valence-electron chi connectivity index (χ1n) is 30.1. The van der Waals surface area contributed by atoms with Crippen molar-refractivity contribution in [3.8, 4) is 5.75 Å². The molecule has 24 nitrogen and oxygen atoms in total. The average molecular weight is 1210 g/mol. The predicted molar refractivity (Wildman–Crippen MR) is 330 cm³/mol. The van der Waals surface area contributed by atoms with Crippen LogP contribution in [0.3, 0.4) is 0 Å². The highest BCUT2D eigenvalue weighted by Gasteiger charge is 2.62. The van der Waals surface area contributed by atoms with E-state index in [1.807, 2.05) is 82.0 Å². The summed E-state index contributed by atoms with van der Waals surface area (Å²) in [5.41, 5.74) is 1.39. The maximum absolute atomic E-state index is 13.9. The second kappa shape index (κ2) is 27.3. The van der Waals surface area contributed by atoms with Crippen molar-refractivity contribution in [2.75, 3.05) is 81.0 Å². The lowest BCUT2D eigenvalue weighted by atomic mass is 9.89. The van der Waals surface area contributed by atoms with Gasteiger partial charge >= 0.3 is 6.09 Å². The Labute approximate surface area is 509 Å². The zero-order chi connectivity index (χ0) is 63.0. The third-order valence-electron chi connectivity index (χ3n) is 16.5. The van der Waals surface area contributed by atoms with Gasteiger partial charge in [0, 0.05) is 109 Å². The van der Waals surface area contributed by atoms with E-state index >= 15 is 0 Å². The van der Waals surface area contributed by atoms with E-state index in [0.29, 0.717) is 80.4 Å². The summed E-state index contributed by atoms with van der Waals surface area (Å²) in [4.78, 5) is 141. The monoisotopic (exact) mass is 1210 g/mol. The number of rotatable bonds is 25. The molecular weight excluding hydrogens is 1130 g/mol. The minimum atomic E-state index is -1.51. The number of hydrogen-bond donors (Lipinski definition) is 9. The van der Waals surface area contributed by atoms with E-state index in [1.54, 1.807) is 29.2 Å². The van der Waals surface area contributed by atoms with Crippen molar-refractivity contribution in [1.29, 1.82) is 0 Å². The van der Waals surface area contributed by atoms with Crippen LogP contribution in [-0.2, 0) is 44.8 Å². The van der Waals surface area contributed by atoms with Crippen molar-refractivity contribution in [2.45, 2.75) is 97.4 Å². The number of nitrogens with one attached hydrogen (secondary N) is 8. The van der Waals surface area contributed by atoms with Crippen LogP contribution in [0.1, 0.15) is 101 Å². The number of H-pyrrole nitrogens is 1. The fourth-order valence-electron chi connectivity index (χ4n) is 12.1. The first kappa shape index (κ1) is 63.3. The quantitative estimate of drug-likeness (QED) is 0.0361. The SMILES string of the molecule is CCCN(CC(=O)NC1(C(=O)NCC(=O)NC(C)(CC(C)C)C(=O)NCC(=O)Nc2ccc(C(=O)Nc3ccc4[nH]c(C(O)N5CCc6c5cc(OC(=O)N5CCNCC5)c5ccccc65)cc4c3)cc2)CC1C(C)C)C(=O)CCCN1C(=O)C=CC1=O. The number of amides is 10. The number of fused-ring (bicyclic) bond motifs is 4. The summed E-state index contributed by atoms with van der Waals surface area (Å²) < 4.78 is 6.01. The Morgan fingerprint density at radius 3 is 2.19 bits per heavy atom. The lowest BCUT2D eigenvalue weighted by Crippen LogP contribution is -2.60. The molecule has 1 saturated heterocycles. The molecule has 1 aromatic heterocycles. The first-order chi connectivity index (χ1) is 42.1. The fourth-order valence-corrected chi connectivity index (χ4v) is 12.1. The van der Waals surface area contributed by atoms with Crippen molar-refractivity contribution < 1.29 is 57.8 Å². The lowest BCUT2D eigenvalue weighted by molar-refractivity contribution is -0.139. The van der Waals surface area contributed by atoms with Crippen molar-refractivity contribution in [1.82, 2.24) is 46.3 Å². The molecule has 0 spiro atoms. The molecule has 4 atom stereocenters. The largest absolute Gasteiger partial charge is 0.415 e. The summed E-state index contributed by atoms with van der Waals surface area (Å²) in [5.74, 6) is -4.68. The molecule has 4 heterocycles. The van der Waals surface area contributed by atoms with Crippen molar-refractivity contribution in [3.05, 3.63) is 108 Å². The molecule has 466 valence electrons. The highest BCUT2D eigenvalue weighted by molar-refractivity contribution is 6.13. The summed E-state index contributed by atoms with van der Waals surface area (Å²) >= 11 is 0. The van der Waals surface area contributed by atoms with Gasteiger partial charge in [-0.25, -0.2) is 4.79 Å². The van der Waals surface area contributed by atoms with Gasteiger partial charge in [0.1, 0.15) is 16.8 Å². The van der Waals surface area contributed by atoms with Gasteiger partial charge in [-0.05, 0) is 116 Å². The Morgan fingerprint density at radius 1 is 0.818 bits per heavy atom. The van der Waals surface area contributed by atoms with Crippen LogP contribution in [0.2, 0.25) is 0 Å². The minimum absolute atomic E-state index is 0.00818. The van der Waals surface area contributed by atoms with E-state index in [4.69, 9.17) is 4.74 Å². The third-order valence-corrected chi connectivity index (χ3v) is 16.5. The normalized spacial score (nSPS) is 18.0. The van der Waals surface area contributed by atoms with Crippen LogP contribution in [-0.4, -0.2) is 161 Å². The molecule has 2 fully saturated rings. The number of aromatic nitrogens is 1. The fraction of sp³-hybridized carbons (Fsp3) is 0.438. The second-order valence-electron chi connectivity index (χ2n) is 23.9. The van der Waals surface area contributed by atoms with Crippen molar-refractivity contribution >= 4 is 98.0 Å². The van der Waals surface area contributed by atoms with Crippen molar-refractivity contribution in [3.63, 3.8) is 0 Å². The number of ether oxygens (including phenoxy) is 1. The highest BCUT2D eigenvalue weighted by atomic mass is 16.6. The molecule has 4 aliphatic rings. The maximum Gasteiger partial charge on any atom is 0.415 e. The van der Waals surface area contributed by atoms with Crippen LogP contribution < -0.4 is 46.9 Å². The Kier molecular flexibility index (Phi) is 19.6. The van der Waals surface area contributed by atoms with Gasteiger partial charge in [0.2, 0.25) is 35.4 Å². The summed E-state index contributed by atoms with van der Waals surface area (Å²) in [6.45, 7) is 12.9. The van der Waals surface area contributed by atoms with Crippen molar-refractivity contribution in [2.24, 2.45) is 17.8 Å². The van der Waals surface area contributed by atoms with Crippen LogP contribution >= 0.6 is 0 Å². The van der Waals surface area contributed by atoms with E-state index in [0.717, 1.165) is 37.8 Å². The highest BCUT2D eigenvalue weighted by Crippen LogP contribution is 2.49. The molecule has 4 unspecified atom stereocenters. The number of aromatic amines is 1. The molecule has 10 amide bonds. The number of aliphatic hydroxyl groups excluding tert-OH is 1. The molecule has 88 heavy (non-hydrogen) atoms. The summed E-state index contributed by atoms with van der Waals surface area (Å²) in [6, 6.07) is 23.0. The molecule has 9 rings (SSSR count). The molecule has 1 saturated carbocycles. The number of anilines is 3. The molecule has 9 N–H and O–H groups in total. The predicted octanol–water partition coefficient (Wildman–Crippen LogP) is 4.60. The molecule has 24 heteroatoms. The van der Waals surface area contributed by atoms with E-state index in [9.17, 15) is 53.1 Å². The minimum Gasteiger partial charge on any atom is -0.409 e. The third kappa shape index (κ3) is 14.6. The smallest absolute Gasteiger partial charge is 0.409 e. The van der Waals surface area contributed by atoms with E-state index in [1.165, 1.54) is 36.1 Å². The Bertz CT molecular complexity index is 3540. The Hall–Kier alpha value is -9.16. The average Bonchev–Trinajstić information content (AvgIpc) is 1.60. The molecular formula is C64H78N12O12. The number of carbonyl (C=O) groups excluding carboxylic acids is 10. The molecule has 0 radical (unpaired) electrons. The number of hydrogen-bond acceptors (Lipinski definition) is 14. The standard InChI is InChI=1S/C64H78N12O12/c1-7-25-74(55(80)13-10-26-76-56(81)20-21-57(76)82)37-54(79)72-64(34-47(64)39(4)5)61(86)67-36-53(78)71-63(6,33-38(2)3)60(85)66-35-52(77)68-42-16-14-40(15-17-42)58(83)69-43-18-19-48-41(30-43)31-49(70-48)59(84)75-27-22-45-44-11-8-9-12-46(44)51(32-50(45)75)88-62(87)73-28-23-65-24-29-73/h8-9,11-12,14-21,30-32,38-39,47,59,65,70,84H,7,10,13,22-29,33-37H2,1-6H3,(H,66,85)(H,67,86)(H,68,77)(H,69,83)(H,71,78)(H,72,79). The van der Waals surface area contributed by atoms with Gasteiger partial charge in [-0.2, -0.15) is 0 Å². The summed E-state index contributed by atoms with van der Waals surface area (Å²) in [5, 5.41) is 34.1. The van der Waals surface area contributed by atoms with Crippen LogP contribution in [0.5, 0.6) is 5.75 Å². The first-order valence-corrected chi connectivity index (χ1v) is 30.1. The van der Waals surface area contributed by atoms with Gasteiger partial charge < -0.3 is 66.7 Å². The van der Waals surface area contributed by atoms with Crippen LogP contribution in [0, 0.1) is 17.8 Å². The van der Waals surface area contributed by atoms with Gasteiger partial charge in [0.25, 0.3) is 17.7 Å². The number of nitrogens with zero attached hydrogens (tertiary/aromatic N) is 4. The van der Waals surface area contributed by atoms with E-state index in [2.05, 4.69) is 42.2 Å². The van der Waals surface area contributed by atoms with Gasteiger partial charge in [-0.1, -0.05) is 58.9 Å². The zero-order valence-electron chi connectivity index (χ0n) is 50.5. The molecule has 0 bridgehead atoms. The van der Waals surface area contributed by atoms with Crippen LogP contribution in [0.25, 0.3) is 21.7 Å². The number of aliphatic hydroxyl groups is 1. The van der Waals surface area contributed by atoms with E-state index in [-0.39, 0.29) is 62.6 Å². The molecule has 5 aromatic rings. The van der Waals surface area contributed by atoms with Gasteiger partial charge in [0.15, 0.2) is 6.23 Å². The Morgan fingerprint density at radius 2 is 1.51 bits per heavy atom. The topological polar surface area (TPSA) is 313 Å². The zero-order valence-corrected chi connectivity index (χ0v) is 50.5. The summed E-state index contributed by atoms with van der Waals surface area (Å²) in [7, 11) is 0. The second-order valence-corrected chi connectivity index (χ2v) is 23.9. The summed E-state index contributed by atoms with van der Waals surface area (Å²) in [6.07, 6.45) is 2.76. The maximum atomic E-state index is 13.9. The number of imide groups is 1. The Balaban J connectivity index is 0.742. The van der Waals surface area contributed by atoms with Gasteiger partial charge in [0.05, 0.1) is 25.3 Å². The number of piperazine rings is 1. The molecule has 4 aromatic carbocycles. The lowest BCUT2D eigenvalue weighted by Gasteiger charge is -2.31. The van der Waals surface area contributed by atoms with Crippen LogP contribution in [0.15, 0.2) is 91.0 Å².